The fraction of sp³-hybridized carbons (Fsp3) is 0. The molecule has 0 aliphatic rings. The van der Waals surface area contributed by atoms with Crippen molar-refractivity contribution in [2.24, 2.45) is 0 Å². The minimum Gasteiger partial charge on any atom is 0 e. The van der Waals surface area contributed by atoms with Gasteiger partial charge in [0.05, 0.1) is 0 Å². The molecule has 0 aromatic rings. The normalized spacial score (nSPS) is 20.2. The van der Waals surface area contributed by atoms with Gasteiger partial charge in [0.1, 0.15) is 0 Å². The van der Waals surface area contributed by atoms with Gasteiger partial charge in [-0.2, -0.15) is 0 Å². The van der Waals surface area contributed by atoms with Gasteiger partial charge in [-0.25, -0.2) is 0 Å². The predicted molar refractivity (Wildman–Crippen MR) is 14.7 cm³/mol. The zero-order valence-electron chi connectivity index (χ0n) is 4.05. The molecule has 0 rings (SSSR count). The molecule has 57 valence electrons. The molecular weight excluding hydrogens is 248 g/mol. The quantitative estimate of drug-likeness (QED) is 0.350. The van der Waals surface area contributed by atoms with Gasteiger partial charge in [0.2, 0.25) is 0 Å². The van der Waals surface area contributed by atoms with Crippen molar-refractivity contribution in [3.05, 3.63) is 0 Å². The summed E-state index contributed by atoms with van der Waals surface area (Å²) in [6.45, 7) is 0. The number of hydrogen-bond acceptors (Lipinski definition) is 0. The molecule has 0 unspecified atom stereocenters. The van der Waals surface area contributed by atoms with Crippen LogP contribution in [0, 0.1) is 0 Å². The van der Waals surface area contributed by atoms with Crippen LogP contribution in [0.4, 0.5) is 25.2 Å². The Morgan fingerprint density at radius 3 is 0.750 bits per heavy atom. The first-order valence-electron chi connectivity index (χ1n) is 1.01. The van der Waals surface area contributed by atoms with Gasteiger partial charge in [-0.05, 0) is 0 Å². The minimum atomic E-state index is -10.7. The Bertz CT molecular complexity index is 71.6. The fourth-order valence-electron chi connectivity index (χ4n) is 0. The van der Waals surface area contributed by atoms with Crippen LogP contribution in [0.1, 0.15) is 1.43 Å². The third kappa shape index (κ3) is 525. The van der Waals surface area contributed by atoms with Gasteiger partial charge in [0.25, 0.3) is 0 Å². The molecule has 0 amide bonds. The Balaban J connectivity index is -0.000000180. The summed E-state index contributed by atoms with van der Waals surface area (Å²) >= 11 is 0. The topological polar surface area (TPSA) is 0 Å². The van der Waals surface area contributed by atoms with Crippen molar-refractivity contribution in [3.63, 3.8) is 0 Å². The van der Waals surface area contributed by atoms with Crippen molar-refractivity contribution < 1.29 is 46.1 Å². The Morgan fingerprint density at radius 2 is 0.750 bits per heavy atom. The summed E-state index contributed by atoms with van der Waals surface area (Å²) in [6, 6.07) is 0. The smallest absolute Gasteiger partial charge is 0 e. The second kappa shape index (κ2) is 1.37. The van der Waals surface area contributed by atoms with Gasteiger partial charge < -0.3 is 0 Å². The molecule has 0 heterocycles. The molecule has 1 radical (unpaired) electrons. The first-order valence-corrected chi connectivity index (χ1v) is 3.04. The van der Waals surface area contributed by atoms with E-state index in [2.05, 4.69) is 0 Å². The molecular formula is HF6PRh. The van der Waals surface area contributed by atoms with E-state index in [1.165, 1.54) is 0 Å². The second-order valence-corrected chi connectivity index (χ2v) is 2.87. The van der Waals surface area contributed by atoms with Crippen molar-refractivity contribution >= 4 is 7.81 Å². The molecule has 0 saturated carbocycles. The number of rotatable bonds is 0. The first-order chi connectivity index (χ1) is 2.45. The maximum atomic E-state index is 9.87. The third-order valence-corrected chi connectivity index (χ3v) is 0. The molecule has 0 atom stereocenters. The van der Waals surface area contributed by atoms with E-state index < -0.39 is 7.81 Å². The van der Waals surface area contributed by atoms with E-state index in [-0.39, 0.29) is 20.9 Å². The molecule has 0 aliphatic carbocycles. The van der Waals surface area contributed by atoms with Crippen LogP contribution < -0.4 is 0 Å². The SMILES string of the molecule is F[P-](F)(F)(F)(F)F.[H+].[Rh]. The number of halogens is 6. The molecule has 0 N–H and O–H groups in total. The molecule has 0 nitrogen and oxygen atoms in total. The summed E-state index contributed by atoms with van der Waals surface area (Å²) in [5.41, 5.74) is 0. The second-order valence-electron chi connectivity index (χ2n) is 0.958. The molecule has 0 bridgehead atoms. The van der Waals surface area contributed by atoms with Crippen molar-refractivity contribution in [1.29, 1.82) is 0 Å². The van der Waals surface area contributed by atoms with Gasteiger partial charge in [0.15, 0.2) is 0 Å². The van der Waals surface area contributed by atoms with Crippen LogP contribution in [0.5, 0.6) is 0 Å². The van der Waals surface area contributed by atoms with Crippen LogP contribution in [-0.4, -0.2) is 0 Å². The Morgan fingerprint density at radius 1 is 0.750 bits per heavy atom. The average molecular weight is 249 g/mol. The predicted octanol–water partition coefficient (Wildman–Crippen LogP) is 3.49. The van der Waals surface area contributed by atoms with Gasteiger partial charge in [-0.3, -0.25) is 0 Å². The molecule has 0 aliphatic heterocycles. The van der Waals surface area contributed by atoms with E-state index >= 15 is 0 Å². The van der Waals surface area contributed by atoms with E-state index in [0.29, 0.717) is 0 Å². The van der Waals surface area contributed by atoms with Crippen molar-refractivity contribution in [1.82, 2.24) is 0 Å². The van der Waals surface area contributed by atoms with Gasteiger partial charge >= 0.3 is 34.4 Å². The van der Waals surface area contributed by atoms with Gasteiger partial charge in [0, 0.05) is 19.5 Å². The van der Waals surface area contributed by atoms with Crippen LogP contribution in [0.25, 0.3) is 0 Å². The van der Waals surface area contributed by atoms with Gasteiger partial charge in [-0.15, -0.1) is 0 Å². The Kier molecular flexibility index (Phi) is 1.96. The largest absolute Gasteiger partial charge is 1.00 e. The zero-order valence-corrected chi connectivity index (χ0v) is 5.58. The maximum Gasteiger partial charge on any atom is 1.00 e. The maximum absolute atomic E-state index is 10.7. The summed E-state index contributed by atoms with van der Waals surface area (Å²) in [4.78, 5) is 0. The summed E-state index contributed by atoms with van der Waals surface area (Å²) in [5.74, 6) is 0. The minimum absolute atomic E-state index is 0. The first kappa shape index (κ1) is 11.4. The average Bonchev–Trinajstić information content (AvgIpc) is 0.592. The molecule has 0 spiro atoms. The van der Waals surface area contributed by atoms with Crippen molar-refractivity contribution in [3.8, 4) is 0 Å². The summed E-state index contributed by atoms with van der Waals surface area (Å²) in [7, 11) is -10.7. The van der Waals surface area contributed by atoms with Crippen LogP contribution in [-0.2, 0) is 19.5 Å². The summed E-state index contributed by atoms with van der Waals surface area (Å²) in [6.07, 6.45) is 0. The molecule has 0 aromatic heterocycles. The Labute approximate surface area is 54.7 Å². The van der Waals surface area contributed by atoms with Crippen molar-refractivity contribution in [2.75, 3.05) is 0 Å². The third-order valence-electron chi connectivity index (χ3n) is 0. The molecule has 0 saturated heterocycles. The molecule has 0 aromatic carbocycles. The zero-order chi connectivity index (χ0) is 6.41. The molecule has 8 heavy (non-hydrogen) atoms. The molecule has 8 heteroatoms. The van der Waals surface area contributed by atoms with E-state index in [1.807, 2.05) is 0 Å². The van der Waals surface area contributed by atoms with E-state index in [4.69, 9.17) is 0 Å². The molecule has 0 fully saturated rings. The monoisotopic (exact) mass is 249 g/mol. The van der Waals surface area contributed by atoms with E-state index in [1.54, 1.807) is 0 Å². The Hall–Kier alpha value is 0.633. The van der Waals surface area contributed by atoms with Crippen molar-refractivity contribution in [2.45, 2.75) is 0 Å². The van der Waals surface area contributed by atoms with Gasteiger partial charge in [-0.1, -0.05) is 0 Å². The van der Waals surface area contributed by atoms with Crippen LogP contribution in [0.2, 0.25) is 0 Å². The summed E-state index contributed by atoms with van der Waals surface area (Å²) < 4.78 is 59.2. The fourth-order valence-corrected chi connectivity index (χ4v) is 0. The summed E-state index contributed by atoms with van der Waals surface area (Å²) in [5, 5.41) is 0. The van der Waals surface area contributed by atoms with Crippen LogP contribution in [0.15, 0.2) is 0 Å². The number of hydrogen-bond donors (Lipinski definition) is 0. The van der Waals surface area contributed by atoms with Crippen LogP contribution in [0.3, 0.4) is 0 Å². The van der Waals surface area contributed by atoms with E-state index in [0.717, 1.165) is 0 Å². The van der Waals surface area contributed by atoms with E-state index in [9.17, 15) is 25.2 Å². The van der Waals surface area contributed by atoms with Crippen LogP contribution >= 0.6 is 7.81 Å². The standard InChI is InChI=1S/F6P.Rh/c1-7(2,3,4,5)6;/q-1;/p+1.